The Morgan fingerprint density at radius 2 is 2.33 bits per heavy atom. The number of nitrogens with one attached hydrogen (secondary N) is 2. The van der Waals surface area contributed by atoms with E-state index in [0.29, 0.717) is 0 Å². The summed E-state index contributed by atoms with van der Waals surface area (Å²) in [5.74, 6) is -0.655. The fraction of sp³-hybridized carbons (Fsp3) is 0.429. The molecule has 1 rings (SSSR count). The quantitative estimate of drug-likeness (QED) is 0.666. The number of carbonyl (C=O) groups is 1. The van der Waals surface area contributed by atoms with E-state index in [9.17, 15) is 13.2 Å². The number of sulfonamides is 1. The molecule has 0 bridgehead atoms. The summed E-state index contributed by atoms with van der Waals surface area (Å²) in [6, 6.07) is 0.343. The third kappa shape index (κ3) is 2.77. The molecule has 0 saturated carbocycles. The molecule has 1 heterocycles. The first-order valence-electron chi connectivity index (χ1n) is 4.07. The van der Waals surface area contributed by atoms with Crippen molar-refractivity contribution >= 4 is 16.0 Å². The van der Waals surface area contributed by atoms with Crippen LogP contribution in [0.3, 0.4) is 0 Å². The van der Waals surface area contributed by atoms with Crippen molar-refractivity contribution in [1.29, 1.82) is 0 Å². The smallest absolute Gasteiger partial charge is 0.323 e. The maximum absolute atomic E-state index is 11.5. The molecule has 0 aliphatic heterocycles. The van der Waals surface area contributed by atoms with Crippen molar-refractivity contribution in [1.82, 2.24) is 14.9 Å². The molecule has 2 N–H and O–H groups in total. The van der Waals surface area contributed by atoms with Crippen LogP contribution < -0.4 is 4.72 Å². The van der Waals surface area contributed by atoms with Crippen molar-refractivity contribution in [3.8, 4) is 0 Å². The van der Waals surface area contributed by atoms with E-state index < -0.39 is 22.0 Å². The molecule has 8 heteroatoms. The van der Waals surface area contributed by atoms with E-state index in [1.54, 1.807) is 0 Å². The first-order valence-corrected chi connectivity index (χ1v) is 5.55. The Labute approximate surface area is 86.9 Å². The molecule has 1 aromatic rings. The van der Waals surface area contributed by atoms with Gasteiger partial charge in [-0.25, -0.2) is 8.42 Å². The molecule has 0 saturated heterocycles. The Balaban J connectivity index is 2.78. The third-order valence-corrected chi connectivity index (χ3v) is 3.12. The van der Waals surface area contributed by atoms with Gasteiger partial charge in [0.25, 0.3) is 10.0 Å². The summed E-state index contributed by atoms with van der Waals surface area (Å²) in [5, 5.41) is 5.69. The summed E-state index contributed by atoms with van der Waals surface area (Å²) >= 11 is 0. The number of methoxy groups -OCH3 is 1. The number of carbonyl (C=O) groups excluding carboxylic acids is 1. The van der Waals surface area contributed by atoms with Crippen LogP contribution in [0.4, 0.5) is 0 Å². The second kappa shape index (κ2) is 4.41. The van der Waals surface area contributed by atoms with Crippen LogP contribution in [0.15, 0.2) is 17.3 Å². The largest absolute Gasteiger partial charge is 0.468 e. The average molecular weight is 233 g/mol. The lowest BCUT2D eigenvalue weighted by atomic mass is 10.4. The first kappa shape index (κ1) is 11.7. The van der Waals surface area contributed by atoms with Crippen LogP contribution >= 0.6 is 0 Å². The highest BCUT2D eigenvalue weighted by Crippen LogP contribution is 2.03. The predicted molar refractivity (Wildman–Crippen MR) is 50.4 cm³/mol. The van der Waals surface area contributed by atoms with Crippen molar-refractivity contribution < 1.29 is 17.9 Å². The molecule has 1 unspecified atom stereocenters. The first-order chi connectivity index (χ1) is 6.97. The van der Waals surface area contributed by atoms with Crippen LogP contribution in [0.5, 0.6) is 0 Å². The van der Waals surface area contributed by atoms with Gasteiger partial charge in [-0.1, -0.05) is 0 Å². The van der Waals surface area contributed by atoms with Gasteiger partial charge in [0.2, 0.25) is 0 Å². The van der Waals surface area contributed by atoms with Crippen LogP contribution in [-0.2, 0) is 19.6 Å². The summed E-state index contributed by atoms with van der Waals surface area (Å²) in [6.07, 6.45) is 1.30. The Hall–Kier alpha value is -1.41. The van der Waals surface area contributed by atoms with Crippen LogP contribution in [0.2, 0.25) is 0 Å². The average Bonchev–Trinajstić information content (AvgIpc) is 2.69. The molecule has 0 fully saturated rings. The fourth-order valence-corrected chi connectivity index (χ4v) is 2.02. The van der Waals surface area contributed by atoms with E-state index in [-0.39, 0.29) is 5.03 Å². The van der Waals surface area contributed by atoms with Crippen molar-refractivity contribution in [2.45, 2.75) is 18.0 Å². The van der Waals surface area contributed by atoms with Crippen molar-refractivity contribution in [3.63, 3.8) is 0 Å². The molecule has 0 amide bonds. The minimum atomic E-state index is -3.74. The molecule has 15 heavy (non-hydrogen) atoms. The lowest BCUT2D eigenvalue weighted by Crippen LogP contribution is -2.39. The van der Waals surface area contributed by atoms with Crippen molar-refractivity contribution in [2.24, 2.45) is 0 Å². The number of hydrogen-bond donors (Lipinski definition) is 2. The molecule has 0 aromatic carbocycles. The minimum Gasteiger partial charge on any atom is -0.468 e. The van der Waals surface area contributed by atoms with Gasteiger partial charge in [0, 0.05) is 0 Å². The zero-order valence-corrected chi connectivity index (χ0v) is 9.04. The van der Waals surface area contributed by atoms with E-state index in [1.807, 2.05) is 0 Å². The molecule has 0 aliphatic rings. The number of nitrogens with zero attached hydrogens (tertiary/aromatic N) is 1. The number of aromatic amines is 1. The molecular weight excluding hydrogens is 222 g/mol. The third-order valence-electron chi connectivity index (χ3n) is 1.65. The maximum Gasteiger partial charge on any atom is 0.323 e. The van der Waals surface area contributed by atoms with Gasteiger partial charge in [-0.05, 0) is 13.0 Å². The molecule has 84 valence electrons. The van der Waals surface area contributed by atoms with E-state index in [4.69, 9.17) is 0 Å². The number of aromatic nitrogens is 2. The van der Waals surface area contributed by atoms with Gasteiger partial charge in [0.05, 0.1) is 13.3 Å². The Morgan fingerprint density at radius 3 is 2.80 bits per heavy atom. The summed E-state index contributed by atoms with van der Waals surface area (Å²) in [6.45, 7) is 1.39. The molecule has 0 radical (unpaired) electrons. The molecule has 0 spiro atoms. The summed E-state index contributed by atoms with van der Waals surface area (Å²) in [7, 11) is -2.56. The second-order valence-electron chi connectivity index (χ2n) is 2.79. The summed E-state index contributed by atoms with van der Waals surface area (Å²) in [4.78, 5) is 11.0. The van der Waals surface area contributed by atoms with Gasteiger partial charge in [-0.2, -0.15) is 9.82 Å². The SMILES string of the molecule is COC(=O)C(C)NS(=O)(=O)c1ccn[nH]1. The maximum atomic E-state index is 11.5. The van der Waals surface area contributed by atoms with E-state index >= 15 is 0 Å². The van der Waals surface area contributed by atoms with Crippen molar-refractivity contribution in [3.05, 3.63) is 12.3 Å². The second-order valence-corrected chi connectivity index (χ2v) is 4.47. The monoisotopic (exact) mass is 233 g/mol. The van der Waals surface area contributed by atoms with Crippen LogP contribution in [0.25, 0.3) is 0 Å². The topological polar surface area (TPSA) is 101 Å². The van der Waals surface area contributed by atoms with E-state index in [1.165, 1.54) is 26.3 Å². The van der Waals surface area contributed by atoms with Crippen LogP contribution in [0.1, 0.15) is 6.92 Å². The number of esters is 1. The van der Waals surface area contributed by atoms with Gasteiger partial charge in [-0.3, -0.25) is 9.89 Å². The summed E-state index contributed by atoms with van der Waals surface area (Å²) < 4.78 is 29.6. The van der Waals surface area contributed by atoms with Crippen LogP contribution in [-0.4, -0.2) is 37.7 Å². The van der Waals surface area contributed by atoms with Gasteiger partial charge < -0.3 is 4.74 Å². The molecule has 7 nitrogen and oxygen atoms in total. The highest BCUT2D eigenvalue weighted by atomic mass is 32.2. The summed E-state index contributed by atoms with van der Waals surface area (Å²) in [5.41, 5.74) is 0. The van der Waals surface area contributed by atoms with Gasteiger partial charge in [0.1, 0.15) is 6.04 Å². The Morgan fingerprint density at radius 1 is 1.67 bits per heavy atom. The Bertz CT molecular complexity index is 425. The number of ether oxygens (including phenoxy) is 1. The van der Waals surface area contributed by atoms with Crippen LogP contribution in [0, 0.1) is 0 Å². The number of rotatable bonds is 4. The zero-order valence-electron chi connectivity index (χ0n) is 8.22. The molecule has 1 atom stereocenters. The number of hydrogen-bond acceptors (Lipinski definition) is 5. The highest BCUT2D eigenvalue weighted by molar-refractivity contribution is 7.89. The fourth-order valence-electron chi connectivity index (χ4n) is 0.914. The zero-order chi connectivity index (χ0) is 11.5. The minimum absolute atomic E-state index is 0.0988. The van der Waals surface area contributed by atoms with Crippen molar-refractivity contribution in [2.75, 3.05) is 7.11 Å². The molecule has 0 aliphatic carbocycles. The highest BCUT2D eigenvalue weighted by Gasteiger charge is 2.23. The number of H-pyrrole nitrogens is 1. The Kier molecular flexibility index (Phi) is 3.43. The molecule has 1 aromatic heterocycles. The lowest BCUT2D eigenvalue weighted by molar-refractivity contribution is -0.142. The van der Waals surface area contributed by atoms with Gasteiger partial charge >= 0.3 is 5.97 Å². The standard InChI is InChI=1S/C7H11N3O4S/c1-5(7(11)14-2)10-15(12,13)6-3-4-8-9-6/h3-5,10H,1-2H3,(H,8,9). The normalized spacial score (nSPS) is 13.5. The van der Waals surface area contributed by atoms with E-state index in [2.05, 4.69) is 19.7 Å². The van der Waals surface area contributed by atoms with Gasteiger partial charge in [0.15, 0.2) is 5.03 Å². The lowest BCUT2D eigenvalue weighted by Gasteiger charge is -2.10. The van der Waals surface area contributed by atoms with Gasteiger partial charge in [-0.15, -0.1) is 0 Å². The van der Waals surface area contributed by atoms with E-state index in [0.717, 1.165) is 0 Å². The predicted octanol–water partition coefficient (Wildman–Crippen LogP) is -0.751. The molecular formula is C7H11N3O4S.